The molecule has 2 rings (SSSR count). The summed E-state index contributed by atoms with van der Waals surface area (Å²) in [7, 11) is 0. The van der Waals surface area contributed by atoms with Crippen LogP contribution in [0.5, 0.6) is 5.75 Å². The van der Waals surface area contributed by atoms with Gasteiger partial charge < -0.3 is 15.2 Å². The topological polar surface area (TPSA) is 78.9 Å². The highest BCUT2D eigenvalue weighted by Gasteiger charge is 2.34. The smallest absolute Gasteiger partial charge is 0.317 e. The second kappa shape index (κ2) is 9.57. The first-order valence-corrected chi connectivity index (χ1v) is 9.34. The van der Waals surface area contributed by atoms with E-state index in [1.807, 2.05) is 36.1 Å². The maximum absolute atomic E-state index is 12.2. The third-order valence-electron chi connectivity index (χ3n) is 4.61. The van der Waals surface area contributed by atoms with Crippen molar-refractivity contribution >= 4 is 11.9 Å². The number of nitrogens with one attached hydrogen (secondary N) is 1. The molecule has 0 saturated heterocycles. The molecule has 6 heteroatoms. The Labute approximate surface area is 155 Å². The van der Waals surface area contributed by atoms with Crippen LogP contribution < -0.4 is 10.1 Å². The van der Waals surface area contributed by atoms with Gasteiger partial charge in [0.05, 0.1) is 19.6 Å². The summed E-state index contributed by atoms with van der Waals surface area (Å²) in [5.41, 5.74) is 0.955. The molecule has 0 radical (unpaired) electrons. The molecule has 0 unspecified atom stereocenters. The van der Waals surface area contributed by atoms with Gasteiger partial charge in [-0.3, -0.25) is 14.5 Å². The van der Waals surface area contributed by atoms with Crippen LogP contribution in [0.1, 0.15) is 39.2 Å². The normalized spacial score (nSPS) is 19.3. The maximum atomic E-state index is 12.2. The number of likely N-dealkylation sites (N-methyl/N-ethyl adjacent to an activating group) is 1. The number of hydrogen-bond donors (Lipinski definition) is 2. The molecule has 1 saturated carbocycles. The average molecular weight is 362 g/mol. The van der Waals surface area contributed by atoms with Crippen molar-refractivity contribution in [2.75, 3.05) is 19.7 Å². The standard InChI is InChI=1S/C20H30N2O4/c1-4-22(12-20(24)25)17-10-16(11-17)21-19(23)9-15-5-7-18(8-6-15)26-13-14(2)3/h5-8,14,16-17H,4,9-13H2,1-3H3,(H,21,23)(H,24,25). The van der Waals surface area contributed by atoms with Gasteiger partial charge in [0.1, 0.15) is 5.75 Å². The van der Waals surface area contributed by atoms with E-state index >= 15 is 0 Å². The van der Waals surface area contributed by atoms with Gasteiger partial charge in [-0.05, 0) is 43.0 Å². The van der Waals surface area contributed by atoms with Gasteiger partial charge in [0.2, 0.25) is 5.91 Å². The molecule has 0 heterocycles. The van der Waals surface area contributed by atoms with E-state index in [1.165, 1.54) is 0 Å². The minimum absolute atomic E-state index is 0.00517. The van der Waals surface area contributed by atoms with Crippen LogP contribution in [-0.4, -0.2) is 53.7 Å². The van der Waals surface area contributed by atoms with E-state index in [2.05, 4.69) is 19.2 Å². The summed E-state index contributed by atoms with van der Waals surface area (Å²) >= 11 is 0. The molecule has 1 amide bonds. The van der Waals surface area contributed by atoms with Gasteiger partial charge in [-0.1, -0.05) is 32.9 Å². The Bertz CT molecular complexity index is 594. The zero-order valence-corrected chi connectivity index (χ0v) is 15.9. The Hall–Kier alpha value is -2.08. The van der Waals surface area contributed by atoms with Gasteiger partial charge in [-0.25, -0.2) is 0 Å². The predicted molar refractivity (Wildman–Crippen MR) is 100 cm³/mol. The molecule has 2 N–H and O–H groups in total. The minimum atomic E-state index is -0.805. The number of benzene rings is 1. The van der Waals surface area contributed by atoms with Crippen molar-refractivity contribution in [1.29, 1.82) is 0 Å². The Morgan fingerprint density at radius 3 is 2.46 bits per heavy atom. The van der Waals surface area contributed by atoms with Crippen molar-refractivity contribution in [2.24, 2.45) is 5.92 Å². The summed E-state index contributed by atoms with van der Waals surface area (Å²) in [6.07, 6.45) is 1.97. The molecule has 1 aromatic rings. The van der Waals surface area contributed by atoms with Crippen molar-refractivity contribution in [2.45, 2.75) is 52.1 Å². The van der Waals surface area contributed by atoms with Crippen LogP contribution in [0.25, 0.3) is 0 Å². The van der Waals surface area contributed by atoms with Crippen molar-refractivity contribution in [3.63, 3.8) is 0 Å². The number of aliphatic carboxylic acids is 1. The quantitative estimate of drug-likeness (QED) is 0.668. The van der Waals surface area contributed by atoms with E-state index in [4.69, 9.17) is 9.84 Å². The zero-order chi connectivity index (χ0) is 19.1. The molecule has 0 bridgehead atoms. The largest absolute Gasteiger partial charge is 0.493 e. The number of nitrogens with zero attached hydrogens (tertiary/aromatic N) is 1. The summed E-state index contributed by atoms with van der Waals surface area (Å²) in [5, 5.41) is 12.0. The molecule has 1 fully saturated rings. The summed E-state index contributed by atoms with van der Waals surface area (Å²) < 4.78 is 5.64. The zero-order valence-electron chi connectivity index (χ0n) is 15.9. The lowest BCUT2D eigenvalue weighted by Gasteiger charge is -2.42. The molecule has 0 aliphatic heterocycles. The van der Waals surface area contributed by atoms with E-state index in [0.29, 0.717) is 25.5 Å². The predicted octanol–water partition coefficient (Wildman–Crippen LogP) is 2.32. The SMILES string of the molecule is CCN(CC(=O)O)C1CC(NC(=O)Cc2ccc(OCC(C)C)cc2)C1. The minimum Gasteiger partial charge on any atom is -0.493 e. The summed E-state index contributed by atoms with van der Waals surface area (Å²) in [5.74, 6) is 0.499. The number of carboxylic acid groups (broad SMARTS) is 1. The van der Waals surface area contributed by atoms with Crippen LogP contribution in [0, 0.1) is 5.92 Å². The van der Waals surface area contributed by atoms with Crippen LogP contribution in [0.3, 0.4) is 0 Å². The lowest BCUT2D eigenvalue weighted by atomic mass is 9.85. The van der Waals surface area contributed by atoms with E-state index in [0.717, 1.165) is 24.2 Å². The molecule has 0 spiro atoms. The number of carbonyl (C=O) groups excluding carboxylic acids is 1. The number of carbonyl (C=O) groups is 2. The third kappa shape index (κ3) is 6.33. The molecule has 26 heavy (non-hydrogen) atoms. The number of carboxylic acids is 1. The van der Waals surface area contributed by atoms with E-state index < -0.39 is 5.97 Å². The van der Waals surface area contributed by atoms with Gasteiger partial charge in [0, 0.05) is 12.1 Å². The Morgan fingerprint density at radius 1 is 1.27 bits per heavy atom. The van der Waals surface area contributed by atoms with Gasteiger partial charge in [0.15, 0.2) is 0 Å². The number of ether oxygens (including phenoxy) is 1. The molecular formula is C20H30N2O4. The molecule has 1 aliphatic rings. The second-order valence-corrected chi connectivity index (χ2v) is 7.37. The first-order chi connectivity index (χ1) is 12.4. The molecular weight excluding hydrogens is 332 g/mol. The van der Waals surface area contributed by atoms with Gasteiger partial charge in [-0.15, -0.1) is 0 Å². The maximum Gasteiger partial charge on any atom is 0.317 e. The summed E-state index contributed by atoms with van der Waals surface area (Å²) in [4.78, 5) is 25.0. The fourth-order valence-corrected chi connectivity index (χ4v) is 3.11. The van der Waals surface area contributed by atoms with Gasteiger partial charge >= 0.3 is 5.97 Å². The first kappa shape index (κ1) is 20.2. The highest BCUT2D eigenvalue weighted by Crippen LogP contribution is 2.25. The molecule has 0 aromatic heterocycles. The van der Waals surface area contributed by atoms with Crippen LogP contribution >= 0.6 is 0 Å². The van der Waals surface area contributed by atoms with Crippen molar-refractivity contribution in [3.8, 4) is 5.75 Å². The van der Waals surface area contributed by atoms with Gasteiger partial charge in [0.25, 0.3) is 0 Å². The van der Waals surface area contributed by atoms with Gasteiger partial charge in [-0.2, -0.15) is 0 Å². The number of amides is 1. The molecule has 6 nitrogen and oxygen atoms in total. The van der Waals surface area contributed by atoms with Crippen molar-refractivity contribution in [1.82, 2.24) is 10.2 Å². The van der Waals surface area contributed by atoms with E-state index in [1.54, 1.807) is 0 Å². The summed E-state index contributed by atoms with van der Waals surface area (Å²) in [6, 6.07) is 8.03. The lowest BCUT2D eigenvalue weighted by molar-refractivity contribution is -0.139. The van der Waals surface area contributed by atoms with Crippen LogP contribution in [0.4, 0.5) is 0 Å². The monoisotopic (exact) mass is 362 g/mol. The molecule has 1 aliphatic carbocycles. The highest BCUT2D eigenvalue weighted by molar-refractivity contribution is 5.79. The molecule has 1 aromatic carbocycles. The lowest BCUT2D eigenvalue weighted by Crippen LogP contribution is -2.55. The Balaban J connectivity index is 1.72. The average Bonchev–Trinajstić information content (AvgIpc) is 2.55. The van der Waals surface area contributed by atoms with Crippen molar-refractivity contribution < 1.29 is 19.4 Å². The van der Waals surface area contributed by atoms with Crippen LogP contribution in [0.2, 0.25) is 0 Å². The third-order valence-corrected chi connectivity index (χ3v) is 4.61. The van der Waals surface area contributed by atoms with Crippen molar-refractivity contribution in [3.05, 3.63) is 29.8 Å². The Kier molecular flexibility index (Phi) is 7.45. The van der Waals surface area contributed by atoms with E-state index in [-0.39, 0.29) is 24.5 Å². The second-order valence-electron chi connectivity index (χ2n) is 7.37. The Morgan fingerprint density at radius 2 is 1.92 bits per heavy atom. The number of hydrogen-bond acceptors (Lipinski definition) is 4. The fraction of sp³-hybridized carbons (Fsp3) is 0.600. The number of rotatable bonds is 10. The van der Waals surface area contributed by atoms with Crippen LogP contribution in [-0.2, 0) is 16.0 Å². The van der Waals surface area contributed by atoms with Crippen LogP contribution in [0.15, 0.2) is 24.3 Å². The molecule has 144 valence electrons. The fourth-order valence-electron chi connectivity index (χ4n) is 3.11. The first-order valence-electron chi connectivity index (χ1n) is 9.34. The highest BCUT2D eigenvalue weighted by atomic mass is 16.5. The molecule has 0 atom stereocenters. The van der Waals surface area contributed by atoms with E-state index in [9.17, 15) is 9.59 Å². The summed E-state index contributed by atoms with van der Waals surface area (Å²) in [6.45, 7) is 7.62.